The average Bonchev–Trinajstić information content (AvgIpc) is 3.05. The Bertz CT molecular complexity index is 995. The van der Waals surface area contributed by atoms with Gasteiger partial charge >= 0.3 is 0 Å². The number of aromatic nitrogens is 4. The van der Waals surface area contributed by atoms with Gasteiger partial charge in [0.2, 0.25) is 0 Å². The van der Waals surface area contributed by atoms with Crippen LogP contribution in [0.2, 0.25) is 0 Å². The van der Waals surface area contributed by atoms with Gasteiger partial charge in [-0.1, -0.05) is 54.6 Å². The van der Waals surface area contributed by atoms with Crippen molar-refractivity contribution in [3.05, 3.63) is 83.8 Å². The van der Waals surface area contributed by atoms with Crippen LogP contribution in [0.15, 0.2) is 72.1 Å². The zero-order valence-electron chi connectivity index (χ0n) is 14.0. The van der Waals surface area contributed by atoms with E-state index in [-0.39, 0.29) is 0 Å². The summed E-state index contributed by atoms with van der Waals surface area (Å²) in [5.41, 5.74) is 4.72. The lowest BCUT2D eigenvalue weighted by atomic mass is 10.1. The third-order valence-corrected chi connectivity index (χ3v) is 5.25. The molecular formula is C20H18N4S. The zero-order valence-corrected chi connectivity index (χ0v) is 14.8. The first-order valence-electron chi connectivity index (χ1n) is 8.19. The van der Waals surface area contributed by atoms with Crippen LogP contribution < -0.4 is 0 Å². The minimum atomic E-state index is 0.712. The fraction of sp³-hybridized carbons (Fsp3) is 0.150. The van der Waals surface area contributed by atoms with E-state index in [1.807, 2.05) is 29.1 Å². The summed E-state index contributed by atoms with van der Waals surface area (Å²) in [6.07, 6.45) is 3.50. The van der Waals surface area contributed by atoms with Crippen LogP contribution in [0, 0.1) is 6.92 Å². The monoisotopic (exact) mass is 346 g/mol. The summed E-state index contributed by atoms with van der Waals surface area (Å²) in [6.45, 7) is 2.85. The maximum Gasteiger partial charge on any atom is 0.162 e. The molecule has 0 aliphatic rings. The molecular weight excluding hydrogens is 328 g/mol. The van der Waals surface area contributed by atoms with Gasteiger partial charge in [0.05, 0.1) is 18.1 Å². The third kappa shape index (κ3) is 3.42. The number of fused-ring (bicyclic) bond motifs is 1. The van der Waals surface area contributed by atoms with E-state index in [1.54, 1.807) is 18.1 Å². The first-order valence-corrected chi connectivity index (χ1v) is 9.17. The molecule has 2 heterocycles. The second-order valence-electron chi connectivity index (χ2n) is 5.92. The van der Waals surface area contributed by atoms with Crippen molar-refractivity contribution in [2.45, 2.75) is 24.2 Å². The molecule has 25 heavy (non-hydrogen) atoms. The van der Waals surface area contributed by atoms with Gasteiger partial charge in [-0.25, -0.2) is 14.6 Å². The minimum absolute atomic E-state index is 0.712. The molecule has 0 radical (unpaired) electrons. The topological polar surface area (TPSA) is 43.6 Å². The summed E-state index contributed by atoms with van der Waals surface area (Å²) in [5.74, 6) is 0.892. The first-order chi connectivity index (χ1) is 12.3. The number of aryl methyl sites for hydroxylation is 1. The molecule has 0 fully saturated rings. The Balaban J connectivity index is 1.60. The van der Waals surface area contributed by atoms with E-state index >= 15 is 0 Å². The van der Waals surface area contributed by atoms with E-state index in [9.17, 15) is 0 Å². The molecule has 4 aromatic rings. The van der Waals surface area contributed by atoms with Gasteiger partial charge in [0.15, 0.2) is 5.65 Å². The fourth-order valence-electron chi connectivity index (χ4n) is 2.78. The molecule has 0 saturated carbocycles. The molecule has 0 atom stereocenters. The second-order valence-corrected chi connectivity index (χ2v) is 6.88. The molecule has 0 spiro atoms. The summed E-state index contributed by atoms with van der Waals surface area (Å²) in [4.78, 5) is 8.92. The van der Waals surface area contributed by atoms with Crippen LogP contribution in [0.4, 0.5) is 0 Å². The summed E-state index contributed by atoms with van der Waals surface area (Å²) >= 11 is 1.73. The highest BCUT2D eigenvalue weighted by molar-refractivity contribution is 7.98. The van der Waals surface area contributed by atoms with E-state index in [0.717, 1.165) is 21.8 Å². The van der Waals surface area contributed by atoms with Crippen molar-refractivity contribution >= 4 is 22.8 Å². The van der Waals surface area contributed by atoms with Crippen molar-refractivity contribution in [2.24, 2.45) is 0 Å². The molecule has 0 bridgehead atoms. The highest BCUT2D eigenvalue weighted by Crippen LogP contribution is 2.28. The summed E-state index contributed by atoms with van der Waals surface area (Å²) in [7, 11) is 0. The van der Waals surface area contributed by atoms with Crippen LogP contribution in [0.25, 0.3) is 11.0 Å². The number of thioether (sulfide) groups is 1. The molecule has 0 unspecified atom stereocenters. The van der Waals surface area contributed by atoms with Crippen LogP contribution in [-0.4, -0.2) is 19.7 Å². The fourth-order valence-corrected chi connectivity index (χ4v) is 3.81. The number of benzene rings is 2. The van der Waals surface area contributed by atoms with Gasteiger partial charge in [0, 0.05) is 5.75 Å². The van der Waals surface area contributed by atoms with Gasteiger partial charge < -0.3 is 0 Å². The van der Waals surface area contributed by atoms with Gasteiger partial charge in [-0.3, -0.25) is 0 Å². The lowest BCUT2D eigenvalue weighted by molar-refractivity contribution is 0.703. The molecule has 2 aromatic heterocycles. The second kappa shape index (κ2) is 7.07. The van der Waals surface area contributed by atoms with Gasteiger partial charge in [-0.15, -0.1) is 11.8 Å². The Labute approximate surface area is 150 Å². The molecule has 0 N–H and O–H groups in total. The van der Waals surface area contributed by atoms with Gasteiger partial charge in [-0.2, -0.15) is 5.10 Å². The van der Waals surface area contributed by atoms with Crippen molar-refractivity contribution in [2.75, 3.05) is 0 Å². The third-order valence-electron chi connectivity index (χ3n) is 4.20. The largest absolute Gasteiger partial charge is 0.243 e. The maximum absolute atomic E-state index is 4.52. The van der Waals surface area contributed by atoms with Crippen LogP contribution in [0.5, 0.6) is 0 Å². The van der Waals surface area contributed by atoms with Gasteiger partial charge in [0.25, 0.3) is 0 Å². The molecule has 0 saturated heterocycles. The number of hydrogen-bond acceptors (Lipinski definition) is 4. The highest BCUT2D eigenvalue weighted by atomic mass is 32.2. The van der Waals surface area contributed by atoms with Crippen LogP contribution >= 0.6 is 11.8 Å². The maximum atomic E-state index is 4.52. The minimum Gasteiger partial charge on any atom is -0.243 e. The molecule has 5 heteroatoms. The number of rotatable bonds is 5. The Morgan fingerprint density at radius 2 is 1.76 bits per heavy atom. The summed E-state index contributed by atoms with van der Waals surface area (Å²) in [5, 5.41) is 6.51. The summed E-state index contributed by atoms with van der Waals surface area (Å²) < 4.78 is 1.93. The first kappa shape index (κ1) is 15.8. The Kier molecular flexibility index (Phi) is 4.48. The normalized spacial score (nSPS) is 11.1. The van der Waals surface area contributed by atoms with Crippen molar-refractivity contribution in [3.8, 4) is 0 Å². The SMILES string of the molecule is Cc1ccccc1CSc1ncnc2c1cnn2Cc1ccccc1. The van der Waals surface area contributed by atoms with Crippen molar-refractivity contribution in [1.82, 2.24) is 19.7 Å². The quantitative estimate of drug-likeness (QED) is 0.395. The molecule has 4 nitrogen and oxygen atoms in total. The average molecular weight is 346 g/mol. The Hall–Kier alpha value is -2.66. The van der Waals surface area contributed by atoms with Crippen molar-refractivity contribution in [1.29, 1.82) is 0 Å². The van der Waals surface area contributed by atoms with E-state index in [0.29, 0.717) is 6.54 Å². The molecule has 2 aromatic carbocycles. The number of nitrogens with zero attached hydrogens (tertiary/aromatic N) is 4. The highest BCUT2D eigenvalue weighted by Gasteiger charge is 2.11. The molecule has 0 aliphatic heterocycles. The zero-order chi connectivity index (χ0) is 17.1. The van der Waals surface area contributed by atoms with E-state index in [2.05, 4.69) is 58.4 Å². The summed E-state index contributed by atoms with van der Waals surface area (Å²) in [6, 6.07) is 18.8. The number of hydrogen-bond donors (Lipinski definition) is 0. The van der Waals surface area contributed by atoms with Crippen LogP contribution in [-0.2, 0) is 12.3 Å². The van der Waals surface area contributed by atoms with Gasteiger partial charge in [-0.05, 0) is 23.6 Å². The van der Waals surface area contributed by atoms with E-state index in [4.69, 9.17) is 0 Å². The van der Waals surface area contributed by atoms with Crippen LogP contribution in [0.1, 0.15) is 16.7 Å². The van der Waals surface area contributed by atoms with E-state index < -0.39 is 0 Å². The lowest BCUT2D eigenvalue weighted by Crippen LogP contribution is -2.02. The standard InChI is InChI=1S/C20H18N4S/c1-15-7-5-6-10-17(15)13-25-20-18-11-23-24(19(18)21-14-22-20)12-16-8-3-2-4-9-16/h2-11,14H,12-13H2,1H3. The smallest absolute Gasteiger partial charge is 0.162 e. The molecule has 124 valence electrons. The Morgan fingerprint density at radius 3 is 2.60 bits per heavy atom. The van der Waals surface area contributed by atoms with Crippen molar-refractivity contribution in [3.63, 3.8) is 0 Å². The predicted octanol–water partition coefficient (Wildman–Crippen LogP) is 4.48. The lowest BCUT2D eigenvalue weighted by Gasteiger charge is -2.06. The predicted molar refractivity (Wildman–Crippen MR) is 102 cm³/mol. The molecule has 0 amide bonds. The molecule has 0 aliphatic carbocycles. The van der Waals surface area contributed by atoms with Crippen molar-refractivity contribution < 1.29 is 0 Å². The van der Waals surface area contributed by atoms with Gasteiger partial charge in [0.1, 0.15) is 11.4 Å². The van der Waals surface area contributed by atoms with Crippen LogP contribution in [0.3, 0.4) is 0 Å². The molecule has 4 rings (SSSR count). The Morgan fingerprint density at radius 1 is 0.960 bits per heavy atom. The van der Waals surface area contributed by atoms with E-state index in [1.165, 1.54) is 16.7 Å².